The second-order valence-electron chi connectivity index (χ2n) is 4.84. The van der Waals surface area contributed by atoms with Crippen molar-refractivity contribution < 1.29 is 14.3 Å². The van der Waals surface area contributed by atoms with Gasteiger partial charge in [0.25, 0.3) is 0 Å². The highest BCUT2D eigenvalue weighted by molar-refractivity contribution is 5.84. The third-order valence-electron chi connectivity index (χ3n) is 3.16. The monoisotopic (exact) mass is 228 g/mol. The van der Waals surface area contributed by atoms with Crippen LogP contribution < -0.4 is 11.1 Å². The molecule has 5 nitrogen and oxygen atoms in total. The zero-order valence-electron chi connectivity index (χ0n) is 9.91. The first-order chi connectivity index (χ1) is 7.46. The van der Waals surface area contributed by atoms with E-state index in [1.54, 1.807) is 0 Å². The second-order valence-corrected chi connectivity index (χ2v) is 4.84. The normalized spacial score (nSPS) is 22.9. The fourth-order valence-corrected chi connectivity index (χ4v) is 1.44. The minimum absolute atomic E-state index is 0.250. The van der Waals surface area contributed by atoms with E-state index in [1.165, 1.54) is 20.0 Å². The van der Waals surface area contributed by atoms with Crippen molar-refractivity contribution in [2.45, 2.75) is 50.1 Å². The number of amides is 1. The third kappa shape index (κ3) is 3.20. The molecule has 2 saturated carbocycles. The van der Waals surface area contributed by atoms with Crippen molar-refractivity contribution in [1.29, 1.82) is 0 Å². The average molecular weight is 228 g/mol. The van der Waals surface area contributed by atoms with Crippen LogP contribution in [-0.2, 0) is 14.3 Å². The van der Waals surface area contributed by atoms with Crippen molar-refractivity contribution in [3.8, 4) is 0 Å². The molecule has 2 aliphatic rings. The van der Waals surface area contributed by atoms with Crippen molar-refractivity contribution in [3.63, 3.8) is 0 Å². The van der Waals surface area contributed by atoms with Gasteiger partial charge in [0.2, 0.25) is 6.41 Å². The van der Waals surface area contributed by atoms with E-state index in [1.807, 2.05) is 0 Å². The number of carbonyl (C=O) groups excluding carboxylic acids is 2. The smallest absolute Gasteiger partial charge is 0.331 e. The van der Waals surface area contributed by atoms with Crippen LogP contribution in [0.15, 0.2) is 0 Å². The summed E-state index contributed by atoms with van der Waals surface area (Å²) >= 11 is 0. The first kappa shape index (κ1) is 13.0. The van der Waals surface area contributed by atoms with Gasteiger partial charge in [-0.1, -0.05) is 0 Å². The number of hydrogen-bond acceptors (Lipinski definition) is 4. The highest BCUT2D eigenvalue weighted by atomic mass is 16.5. The van der Waals surface area contributed by atoms with Crippen LogP contribution in [0.1, 0.15) is 39.0 Å². The van der Waals surface area contributed by atoms with Gasteiger partial charge in [0, 0.05) is 5.54 Å². The molecule has 0 radical (unpaired) electrons. The molecule has 92 valence electrons. The van der Waals surface area contributed by atoms with Gasteiger partial charge in [0.1, 0.15) is 5.54 Å². The highest BCUT2D eigenvalue weighted by Gasteiger charge is 2.44. The Balaban J connectivity index is 0.000000212. The number of esters is 1. The Bertz CT molecular complexity index is 266. The van der Waals surface area contributed by atoms with Crippen molar-refractivity contribution in [1.82, 2.24) is 5.32 Å². The fourth-order valence-electron chi connectivity index (χ4n) is 1.44. The summed E-state index contributed by atoms with van der Waals surface area (Å²) in [6.07, 6.45) is 5.36. The molecule has 0 heterocycles. The van der Waals surface area contributed by atoms with E-state index in [-0.39, 0.29) is 11.5 Å². The molecule has 2 fully saturated rings. The van der Waals surface area contributed by atoms with Gasteiger partial charge in [-0.25, -0.2) is 4.79 Å². The largest absolute Gasteiger partial charge is 0.467 e. The predicted molar refractivity (Wildman–Crippen MR) is 59.6 cm³/mol. The van der Waals surface area contributed by atoms with Crippen LogP contribution in [0.4, 0.5) is 0 Å². The maximum absolute atomic E-state index is 11.1. The van der Waals surface area contributed by atoms with E-state index in [4.69, 9.17) is 5.73 Å². The molecule has 16 heavy (non-hydrogen) atoms. The van der Waals surface area contributed by atoms with Crippen molar-refractivity contribution >= 4 is 12.4 Å². The molecule has 5 heteroatoms. The van der Waals surface area contributed by atoms with Crippen molar-refractivity contribution in [2.75, 3.05) is 7.11 Å². The summed E-state index contributed by atoms with van der Waals surface area (Å²) in [7, 11) is 1.33. The average Bonchev–Trinajstić information content (AvgIpc) is 2.87. The van der Waals surface area contributed by atoms with Crippen LogP contribution in [0.25, 0.3) is 0 Å². The lowest BCUT2D eigenvalue weighted by Gasteiger charge is -2.37. The molecule has 2 aliphatic carbocycles. The molecule has 3 N–H and O–H groups in total. The Kier molecular flexibility index (Phi) is 3.91. The molecule has 2 rings (SSSR count). The second kappa shape index (κ2) is 4.82. The van der Waals surface area contributed by atoms with Crippen LogP contribution in [0, 0.1) is 0 Å². The molecule has 0 aromatic carbocycles. The Hall–Kier alpha value is -1.10. The van der Waals surface area contributed by atoms with Gasteiger partial charge in [0.15, 0.2) is 0 Å². The van der Waals surface area contributed by atoms with Gasteiger partial charge in [-0.05, 0) is 39.0 Å². The number of methoxy groups -OCH3 is 1. The first-order valence-corrected chi connectivity index (χ1v) is 5.54. The summed E-state index contributed by atoms with van der Waals surface area (Å²) in [5.74, 6) is -0.337. The number of ether oxygens (including phenoxy) is 1. The molecular formula is C11H20N2O3. The molecule has 0 atom stereocenters. The SMILES string of the molecule is CC1(N)CC1.COC(=O)C1(NC=O)CCC1. The Morgan fingerprint density at radius 3 is 2.06 bits per heavy atom. The topological polar surface area (TPSA) is 81.4 Å². The number of nitrogens with one attached hydrogen (secondary N) is 1. The van der Waals surface area contributed by atoms with E-state index in [9.17, 15) is 9.59 Å². The van der Waals surface area contributed by atoms with Gasteiger partial charge in [-0.15, -0.1) is 0 Å². The van der Waals surface area contributed by atoms with Gasteiger partial charge in [-0.3, -0.25) is 4.79 Å². The zero-order chi connectivity index (χ0) is 12.2. The van der Waals surface area contributed by atoms with Crippen LogP contribution in [0.3, 0.4) is 0 Å². The molecular weight excluding hydrogens is 208 g/mol. The van der Waals surface area contributed by atoms with Gasteiger partial charge >= 0.3 is 5.97 Å². The number of rotatable bonds is 3. The van der Waals surface area contributed by atoms with Crippen molar-refractivity contribution in [2.24, 2.45) is 5.73 Å². The molecule has 1 amide bonds. The lowest BCUT2D eigenvalue weighted by molar-refractivity contribution is -0.153. The summed E-state index contributed by atoms with van der Waals surface area (Å²) in [5.41, 5.74) is 5.02. The summed E-state index contributed by atoms with van der Waals surface area (Å²) in [6, 6.07) is 0. The molecule has 0 spiro atoms. The van der Waals surface area contributed by atoms with E-state index in [0.717, 1.165) is 6.42 Å². The molecule has 0 bridgehead atoms. The minimum atomic E-state index is -0.698. The molecule has 0 unspecified atom stereocenters. The number of carbonyl (C=O) groups is 2. The lowest BCUT2D eigenvalue weighted by atomic mass is 9.77. The van der Waals surface area contributed by atoms with E-state index in [0.29, 0.717) is 19.3 Å². The summed E-state index contributed by atoms with van der Waals surface area (Å²) < 4.78 is 4.55. The molecule has 0 aromatic rings. The molecule has 0 saturated heterocycles. The maximum Gasteiger partial charge on any atom is 0.331 e. The zero-order valence-corrected chi connectivity index (χ0v) is 9.91. The van der Waals surface area contributed by atoms with E-state index in [2.05, 4.69) is 17.0 Å². The van der Waals surface area contributed by atoms with Gasteiger partial charge in [0.05, 0.1) is 7.11 Å². The van der Waals surface area contributed by atoms with Gasteiger partial charge in [-0.2, -0.15) is 0 Å². The Labute approximate surface area is 95.7 Å². The number of hydrogen-bond donors (Lipinski definition) is 2. The summed E-state index contributed by atoms with van der Waals surface area (Å²) in [4.78, 5) is 21.2. The Morgan fingerprint density at radius 2 is 1.88 bits per heavy atom. The van der Waals surface area contributed by atoms with Crippen LogP contribution in [0.5, 0.6) is 0 Å². The van der Waals surface area contributed by atoms with Gasteiger partial charge < -0.3 is 15.8 Å². The van der Waals surface area contributed by atoms with E-state index >= 15 is 0 Å². The minimum Gasteiger partial charge on any atom is -0.467 e. The number of nitrogens with two attached hydrogens (primary N) is 1. The maximum atomic E-state index is 11.1. The van der Waals surface area contributed by atoms with Crippen LogP contribution in [-0.4, -0.2) is 30.6 Å². The standard InChI is InChI=1S/C7H11NO3.C4H9N/c1-11-6(10)7(8-5-9)3-2-4-7;1-4(5)2-3-4/h5H,2-4H2,1H3,(H,8,9);2-3,5H2,1H3. The van der Waals surface area contributed by atoms with Crippen molar-refractivity contribution in [3.05, 3.63) is 0 Å². The van der Waals surface area contributed by atoms with Crippen LogP contribution in [0.2, 0.25) is 0 Å². The highest BCUT2D eigenvalue weighted by Crippen LogP contribution is 2.32. The first-order valence-electron chi connectivity index (χ1n) is 5.54. The Morgan fingerprint density at radius 1 is 1.38 bits per heavy atom. The summed E-state index contributed by atoms with van der Waals surface area (Å²) in [6.45, 7) is 2.08. The lowest BCUT2D eigenvalue weighted by Crippen LogP contribution is -2.57. The quantitative estimate of drug-likeness (QED) is 0.538. The fraction of sp³-hybridized carbons (Fsp3) is 0.818. The third-order valence-corrected chi connectivity index (χ3v) is 3.16. The van der Waals surface area contributed by atoms with Crippen LogP contribution >= 0.6 is 0 Å². The van der Waals surface area contributed by atoms with E-state index < -0.39 is 5.54 Å². The predicted octanol–water partition coefficient (Wildman–Crippen LogP) is 0.326. The molecule has 0 aromatic heterocycles. The summed E-state index contributed by atoms with van der Waals surface area (Å²) in [5, 5.41) is 2.49. The molecule has 0 aliphatic heterocycles.